The Morgan fingerprint density at radius 3 is 2.60 bits per heavy atom. The first-order valence-electron chi connectivity index (χ1n) is 14.7. The average molecular weight is 599 g/mol. The van der Waals surface area contributed by atoms with Gasteiger partial charge in [-0.15, -0.1) is 0 Å². The molecule has 12 heteroatoms. The van der Waals surface area contributed by atoms with Crippen LogP contribution in [-0.2, 0) is 16.2 Å². The Kier molecular flexibility index (Phi) is 8.20. The van der Waals surface area contributed by atoms with Gasteiger partial charge in [0.15, 0.2) is 16.8 Å². The van der Waals surface area contributed by atoms with Crippen LogP contribution < -0.4 is 15.1 Å². The van der Waals surface area contributed by atoms with Gasteiger partial charge in [-0.2, -0.15) is 0 Å². The maximum Gasteiger partial charge on any atom is 0.193 e. The van der Waals surface area contributed by atoms with E-state index >= 15 is 0 Å². The molecule has 1 aliphatic carbocycles. The van der Waals surface area contributed by atoms with E-state index in [2.05, 4.69) is 4.99 Å². The number of anilines is 1. The Balaban J connectivity index is 1.35. The van der Waals surface area contributed by atoms with E-state index in [-0.39, 0.29) is 11.3 Å². The molecule has 0 bridgehead atoms. The van der Waals surface area contributed by atoms with E-state index < -0.39 is 49.3 Å². The van der Waals surface area contributed by atoms with Gasteiger partial charge in [0.2, 0.25) is 0 Å². The van der Waals surface area contributed by atoms with Gasteiger partial charge in [0, 0.05) is 41.9 Å². The minimum absolute atomic E-state index is 0.128. The van der Waals surface area contributed by atoms with Crippen LogP contribution in [0.25, 0.3) is 11.0 Å². The predicted molar refractivity (Wildman–Crippen MR) is 156 cm³/mol. The fraction of sp³-hybridized carbons (Fsp3) is 0.548. The molecular weight excluding hydrogens is 560 g/mol. The number of ether oxygens (including phenoxy) is 1. The highest BCUT2D eigenvalue weighted by molar-refractivity contribution is 6.12. The largest absolute Gasteiger partial charge is 0.482 e. The first-order chi connectivity index (χ1) is 20.6. The molecule has 0 radical (unpaired) electrons. The zero-order valence-corrected chi connectivity index (χ0v) is 24.2. The van der Waals surface area contributed by atoms with Crippen LogP contribution in [0.15, 0.2) is 50.4 Å². The number of aliphatic hydroxyl groups is 5. The lowest BCUT2D eigenvalue weighted by molar-refractivity contribution is -0.364. The minimum atomic E-state index is -1.78. The molecule has 232 valence electrons. The molecule has 1 aromatic heterocycles. The average Bonchev–Trinajstić information content (AvgIpc) is 3.74. The molecule has 3 aliphatic heterocycles. The molecule has 4 aliphatic rings. The highest BCUT2D eigenvalue weighted by Crippen LogP contribution is 2.50. The van der Waals surface area contributed by atoms with Crippen LogP contribution in [0.5, 0.6) is 5.75 Å². The summed E-state index contributed by atoms with van der Waals surface area (Å²) in [5, 5.41) is 49.5. The van der Waals surface area contributed by atoms with Crippen molar-refractivity contribution in [2.45, 2.75) is 82.1 Å². The summed E-state index contributed by atoms with van der Waals surface area (Å²) in [4.78, 5) is 31.0. The number of hydrogen-bond acceptors (Lipinski definition) is 12. The summed E-state index contributed by atoms with van der Waals surface area (Å²) in [6, 6.07) is 3.23. The quantitative estimate of drug-likeness (QED) is 0.198. The molecule has 5 N–H and O–H groups in total. The second kappa shape index (κ2) is 11.8. The molecule has 6 atom stereocenters. The highest BCUT2D eigenvalue weighted by atomic mass is 17.2. The monoisotopic (exact) mass is 598 g/mol. The van der Waals surface area contributed by atoms with Crippen molar-refractivity contribution < 1.29 is 44.5 Å². The van der Waals surface area contributed by atoms with Gasteiger partial charge < -0.3 is 39.6 Å². The van der Waals surface area contributed by atoms with Crippen LogP contribution in [-0.4, -0.2) is 87.1 Å². The Bertz CT molecular complexity index is 1530. The van der Waals surface area contributed by atoms with Gasteiger partial charge in [-0.1, -0.05) is 12.8 Å². The number of aliphatic hydroxyl groups excluding tert-OH is 5. The summed E-state index contributed by atoms with van der Waals surface area (Å²) in [6.45, 7) is 2.93. The lowest BCUT2D eigenvalue weighted by atomic mass is 9.78. The second-order valence-corrected chi connectivity index (χ2v) is 12.1. The number of allylic oxidation sites excluding steroid dienone is 1. The third-order valence-corrected chi connectivity index (χ3v) is 9.15. The molecule has 0 spiro atoms. The van der Waals surface area contributed by atoms with Crippen LogP contribution in [0, 0.1) is 12.8 Å². The summed E-state index contributed by atoms with van der Waals surface area (Å²) in [7, 11) is 0. The molecule has 6 unspecified atom stereocenters. The molecule has 6 rings (SSSR count). The molecule has 43 heavy (non-hydrogen) atoms. The maximum absolute atomic E-state index is 13.2. The lowest BCUT2D eigenvalue weighted by Crippen LogP contribution is -2.55. The molecule has 1 aromatic carbocycles. The maximum atomic E-state index is 13.2. The summed E-state index contributed by atoms with van der Waals surface area (Å²) in [5.41, 5.74) is 2.71. The van der Waals surface area contributed by atoms with Crippen LogP contribution in [0.3, 0.4) is 0 Å². The van der Waals surface area contributed by atoms with Gasteiger partial charge in [-0.25, -0.2) is 9.78 Å². The Morgan fingerprint density at radius 2 is 1.88 bits per heavy atom. The van der Waals surface area contributed by atoms with E-state index in [1.54, 1.807) is 19.2 Å². The third kappa shape index (κ3) is 5.42. The fourth-order valence-corrected chi connectivity index (χ4v) is 6.62. The van der Waals surface area contributed by atoms with E-state index in [4.69, 9.17) is 24.0 Å². The van der Waals surface area contributed by atoms with Crippen LogP contribution >= 0.6 is 0 Å². The van der Waals surface area contributed by atoms with Crippen molar-refractivity contribution in [3.05, 3.63) is 57.7 Å². The van der Waals surface area contributed by atoms with Crippen molar-refractivity contribution in [2.75, 3.05) is 24.7 Å². The van der Waals surface area contributed by atoms with E-state index in [0.29, 0.717) is 41.1 Å². The van der Waals surface area contributed by atoms with Gasteiger partial charge in [-0.3, -0.25) is 9.79 Å². The number of aliphatic imine (C=N–C) groups is 1. The predicted octanol–water partition coefficient (Wildman–Crippen LogP) is 1.41. The van der Waals surface area contributed by atoms with Gasteiger partial charge in [-0.05, 0) is 38.8 Å². The van der Waals surface area contributed by atoms with Gasteiger partial charge in [0.05, 0.1) is 24.2 Å². The van der Waals surface area contributed by atoms with Crippen LogP contribution in [0.4, 0.5) is 5.69 Å². The van der Waals surface area contributed by atoms with Gasteiger partial charge in [0.1, 0.15) is 54.2 Å². The number of fused-ring (bicyclic) bond motifs is 3. The minimum Gasteiger partial charge on any atom is -0.482 e. The molecule has 0 amide bonds. The smallest absolute Gasteiger partial charge is 0.193 e. The summed E-state index contributed by atoms with van der Waals surface area (Å²) in [6.07, 6.45) is 2.52. The van der Waals surface area contributed by atoms with Gasteiger partial charge >= 0.3 is 0 Å². The number of aryl methyl sites for hydroxylation is 1. The van der Waals surface area contributed by atoms with E-state index in [1.807, 2.05) is 24.1 Å². The molecule has 4 heterocycles. The van der Waals surface area contributed by atoms with Crippen molar-refractivity contribution in [3.63, 3.8) is 0 Å². The van der Waals surface area contributed by atoms with E-state index in [9.17, 15) is 25.2 Å². The zero-order valence-electron chi connectivity index (χ0n) is 24.2. The van der Waals surface area contributed by atoms with Crippen LogP contribution in [0.1, 0.15) is 43.9 Å². The topological polar surface area (TPSA) is 175 Å². The SMILES string of the molecule is Cc1cc(=O)c2cc3c(c(N4C=C5C=CN=C5C4)c2o1)OC(C)(C1CCCC1)C(OOCC(O)C(O)C(O)C(O)CO)C3. The molecule has 0 saturated heterocycles. The van der Waals surface area contributed by atoms with Crippen molar-refractivity contribution in [2.24, 2.45) is 10.9 Å². The van der Waals surface area contributed by atoms with Gasteiger partial charge in [0.25, 0.3) is 0 Å². The first kappa shape index (κ1) is 29.9. The molecular formula is C31H38N2O10. The van der Waals surface area contributed by atoms with E-state index in [1.165, 1.54) is 6.07 Å². The standard InChI is InChI=1S/C31H38N2O10/c1-16-9-22(35)20-10-18-11-25(43-40-15-24(37)28(39)27(38)23(36)14-34)31(2,19-5-3-4-6-19)42-29(18)26(30(20)41-16)33-12-17-7-8-32-21(17)13-33/h7-10,12,19,23-25,27-28,34,36-39H,3-6,11,13-15H2,1-2H3. The van der Waals surface area contributed by atoms with Crippen molar-refractivity contribution in [1.29, 1.82) is 0 Å². The molecule has 12 nitrogen and oxygen atoms in total. The Hall–Kier alpha value is -3.10. The second-order valence-electron chi connectivity index (χ2n) is 12.1. The number of nitrogens with zero attached hydrogens (tertiary/aromatic N) is 2. The number of hydrogen-bond donors (Lipinski definition) is 5. The summed E-state index contributed by atoms with van der Waals surface area (Å²) < 4.78 is 13.1. The normalized spacial score (nSPS) is 26.1. The van der Waals surface area contributed by atoms with Crippen molar-refractivity contribution >= 4 is 22.4 Å². The third-order valence-electron chi connectivity index (χ3n) is 9.15. The molecule has 1 saturated carbocycles. The Labute approximate surface area is 248 Å². The van der Waals surface area contributed by atoms with Crippen molar-refractivity contribution in [1.82, 2.24) is 0 Å². The first-order valence-corrected chi connectivity index (χ1v) is 14.7. The summed E-state index contributed by atoms with van der Waals surface area (Å²) in [5.74, 6) is 1.22. The lowest BCUT2D eigenvalue weighted by Gasteiger charge is -2.46. The van der Waals surface area contributed by atoms with Crippen molar-refractivity contribution in [3.8, 4) is 5.75 Å². The summed E-state index contributed by atoms with van der Waals surface area (Å²) >= 11 is 0. The molecule has 1 fully saturated rings. The number of rotatable bonds is 10. The molecule has 2 aromatic rings. The highest BCUT2D eigenvalue weighted by Gasteiger charge is 2.51. The fourth-order valence-electron chi connectivity index (χ4n) is 6.62. The van der Waals surface area contributed by atoms with E-state index in [0.717, 1.165) is 42.5 Å². The zero-order chi connectivity index (χ0) is 30.5. The Morgan fingerprint density at radius 1 is 1.14 bits per heavy atom. The number of benzene rings is 1. The van der Waals surface area contributed by atoms with Crippen LogP contribution in [0.2, 0.25) is 0 Å².